The largest absolute Gasteiger partial charge is 0.409 e. The van der Waals surface area contributed by atoms with Gasteiger partial charge in [-0.15, -0.1) is 0 Å². The van der Waals surface area contributed by atoms with Crippen LogP contribution in [0.25, 0.3) is 0 Å². The van der Waals surface area contributed by atoms with Gasteiger partial charge in [0.25, 0.3) is 0 Å². The molecule has 0 aliphatic rings. The number of amidine groups is 1. The highest BCUT2D eigenvalue weighted by atomic mass is 16.4. The lowest BCUT2D eigenvalue weighted by atomic mass is 10.3. The molecule has 13 heavy (non-hydrogen) atoms. The molecule has 0 aliphatic carbocycles. The first-order chi connectivity index (χ1) is 6.07. The number of nitrogens with one attached hydrogen (secondary N) is 1. The van der Waals surface area contributed by atoms with Gasteiger partial charge in [0, 0.05) is 19.1 Å². The zero-order valence-corrected chi connectivity index (χ0v) is 8.62. The average molecular weight is 188 g/mol. The van der Waals surface area contributed by atoms with Gasteiger partial charge in [0.15, 0.2) is 5.84 Å². The third kappa shape index (κ3) is 6.36. The van der Waals surface area contributed by atoms with Gasteiger partial charge in [0.1, 0.15) is 0 Å². The third-order valence-corrected chi connectivity index (χ3v) is 1.96. The molecule has 0 heterocycles. The van der Waals surface area contributed by atoms with Crippen molar-refractivity contribution in [1.29, 1.82) is 0 Å². The minimum atomic E-state index is 0.215. The lowest BCUT2D eigenvalue weighted by molar-refractivity contribution is 0.274. The standard InChI is InChI=1S/C8H20N4O/c1-7(2)12(3)5-4-10-6-8(9)11-13/h7,10,13H,4-6H2,1-3H3,(H2,9,11). The van der Waals surface area contributed by atoms with Gasteiger partial charge in [0.2, 0.25) is 0 Å². The molecule has 0 atom stereocenters. The van der Waals surface area contributed by atoms with Gasteiger partial charge in [-0.1, -0.05) is 5.16 Å². The lowest BCUT2D eigenvalue weighted by Crippen LogP contribution is -2.37. The Kier molecular flexibility index (Phi) is 6.26. The van der Waals surface area contributed by atoms with Crippen molar-refractivity contribution >= 4 is 5.84 Å². The van der Waals surface area contributed by atoms with E-state index < -0.39 is 0 Å². The van der Waals surface area contributed by atoms with Crippen LogP contribution in [0.4, 0.5) is 0 Å². The number of hydrogen-bond donors (Lipinski definition) is 3. The summed E-state index contributed by atoms with van der Waals surface area (Å²) in [6, 6.07) is 0.547. The van der Waals surface area contributed by atoms with Gasteiger partial charge in [-0.25, -0.2) is 0 Å². The zero-order chi connectivity index (χ0) is 10.3. The van der Waals surface area contributed by atoms with E-state index in [0.29, 0.717) is 12.6 Å². The highest BCUT2D eigenvalue weighted by molar-refractivity contribution is 5.81. The molecule has 0 radical (unpaired) electrons. The van der Waals surface area contributed by atoms with Crippen molar-refractivity contribution in [3.05, 3.63) is 0 Å². The Labute approximate surface area is 79.6 Å². The monoisotopic (exact) mass is 188 g/mol. The van der Waals surface area contributed by atoms with E-state index >= 15 is 0 Å². The second-order valence-electron chi connectivity index (χ2n) is 3.34. The Morgan fingerprint density at radius 1 is 1.62 bits per heavy atom. The number of oxime groups is 1. The molecule has 5 heteroatoms. The smallest absolute Gasteiger partial charge is 0.153 e. The van der Waals surface area contributed by atoms with Crippen molar-refractivity contribution in [2.75, 3.05) is 26.7 Å². The van der Waals surface area contributed by atoms with Crippen LogP contribution in [0.1, 0.15) is 13.8 Å². The van der Waals surface area contributed by atoms with Crippen molar-refractivity contribution in [1.82, 2.24) is 10.2 Å². The molecule has 0 aromatic carbocycles. The van der Waals surface area contributed by atoms with Crippen LogP contribution >= 0.6 is 0 Å². The Bertz CT molecular complexity index is 158. The first-order valence-corrected chi connectivity index (χ1v) is 4.45. The summed E-state index contributed by atoms with van der Waals surface area (Å²) in [5, 5.41) is 14.2. The minimum Gasteiger partial charge on any atom is -0.409 e. The van der Waals surface area contributed by atoms with Crippen LogP contribution in [-0.4, -0.2) is 48.7 Å². The van der Waals surface area contributed by atoms with E-state index in [0.717, 1.165) is 13.1 Å². The van der Waals surface area contributed by atoms with Crippen LogP contribution in [0.2, 0.25) is 0 Å². The number of nitrogens with zero attached hydrogens (tertiary/aromatic N) is 2. The summed E-state index contributed by atoms with van der Waals surface area (Å²) in [5.41, 5.74) is 5.27. The van der Waals surface area contributed by atoms with Crippen LogP contribution in [0.3, 0.4) is 0 Å². The zero-order valence-electron chi connectivity index (χ0n) is 8.62. The van der Waals surface area contributed by atoms with Crippen molar-refractivity contribution in [3.8, 4) is 0 Å². The van der Waals surface area contributed by atoms with Crippen molar-refractivity contribution in [3.63, 3.8) is 0 Å². The maximum Gasteiger partial charge on any atom is 0.153 e. The van der Waals surface area contributed by atoms with Gasteiger partial charge < -0.3 is 21.2 Å². The van der Waals surface area contributed by atoms with Gasteiger partial charge in [-0.3, -0.25) is 0 Å². The van der Waals surface area contributed by atoms with E-state index in [1.165, 1.54) is 0 Å². The Morgan fingerprint density at radius 2 is 2.23 bits per heavy atom. The summed E-state index contributed by atoms with van der Waals surface area (Å²) in [6.07, 6.45) is 0. The number of nitrogens with two attached hydrogens (primary N) is 1. The number of likely N-dealkylation sites (N-methyl/N-ethyl adjacent to an activating group) is 1. The van der Waals surface area contributed by atoms with E-state index in [9.17, 15) is 0 Å². The van der Waals surface area contributed by atoms with Gasteiger partial charge >= 0.3 is 0 Å². The quantitative estimate of drug-likeness (QED) is 0.175. The molecule has 78 valence electrons. The molecule has 4 N–H and O–H groups in total. The maximum absolute atomic E-state index is 8.24. The van der Waals surface area contributed by atoms with E-state index in [1.807, 2.05) is 0 Å². The first-order valence-electron chi connectivity index (χ1n) is 4.45. The van der Waals surface area contributed by atoms with E-state index in [4.69, 9.17) is 10.9 Å². The van der Waals surface area contributed by atoms with Crippen molar-refractivity contribution < 1.29 is 5.21 Å². The fourth-order valence-corrected chi connectivity index (χ4v) is 0.765. The Hall–Kier alpha value is -0.810. The van der Waals surface area contributed by atoms with E-state index in [1.54, 1.807) is 0 Å². The molecule has 0 aliphatic heterocycles. The van der Waals surface area contributed by atoms with Crippen LogP contribution < -0.4 is 11.1 Å². The van der Waals surface area contributed by atoms with Crippen molar-refractivity contribution in [2.24, 2.45) is 10.9 Å². The van der Waals surface area contributed by atoms with Gasteiger partial charge in [-0.05, 0) is 20.9 Å². The summed E-state index contributed by atoms with van der Waals surface area (Å²) >= 11 is 0. The summed E-state index contributed by atoms with van der Waals surface area (Å²) in [7, 11) is 2.07. The average Bonchev–Trinajstić information content (AvgIpc) is 2.11. The van der Waals surface area contributed by atoms with E-state index in [-0.39, 0.29) is 5.84 Å². The van der Waals surface area contributed by atoms with Gasteiger partial charge in [-0.2, -0.15) is 0 Å². The summed E-state index contributed by atoms with van der Waals surface area (Å²) in [5.74, 6) is 0.215. The fraction of sp³-hybridized carbons (Fsp3) is 0.875. The number of rotatable bonds is 6. The molecule has 0 unspecified atom stereocenters. The summed E-state index contributed by atoms with van der Waals surface area (Å²) < 4.78 is 0. The maximum atomic E-state index is 8.24. The predicted octanol–water partition coefficient (Wildman–Crippen LogP) is -0.337. The summed E-state index contributed by atoms with van der Waals surface area (Å²) in [6.45, 7) is 6.51. The SMILES string of the molecule is CC(C)N(C)CCNCC(N)=NO. The molecule has 0 aromatic heterocycles. The molecular formula is C8H20N4O. The van der Waals surface area contributed by atoms with Gasteiger partial charge in [0.05, 0.1) is 6.54 Å². The lowest BCUT2D eigenvalue weighted by Gasteiger charge is -2.20. The molecular weight excluding hydrogens is 168 g/mol. The highest BCUT2D eigenvalue weighted by Crippen LogP contribution is 1.90. The Balaban J connectivity index is 3.36. The molecule has 0 amide bonds. The topological polar surface area (TPSA) is 73.9 Å². The molecule has 0 aromatic rings. The predicted molar refractivity (Wildman–Crippen MR) is 54.0 cm³/mol. The molecule has 0 spiro atoms. The van der Waals surface area contributed by atoms with Crippen molar-refractivity contribution in [2.45, 2.75) is 19.9 Å². The van der Waals surface area contributed by atoms with Crippen LogP contribution in [0.15, 0.2) is 5.16 Å². The molecule has 0 fully saturated rings. The molecule has 0 bridgehead atoms. The molecule has 0 saturated carbocycles. The molecule has 0 rings (SSSR count). The van der Waals surface area contributed by atoms with E-state index in [2.05, 4.69) is 36.3 Å². The second kappa shape index (κ2) is 6.68. The first kappa shape index (κ1) is 12.2. The Morgan fingerprint density at radius 3 is 2.69 bits per heavy atom. The minimum absolute atomic E-state index is 0.215. The fourth-order valence-electron chi connectivity index (χ4n) is 0.765. The van der Waals surface area contributed by atoms with Crippen LogP contribution in [0.5, 0.6) is 0 Å². The summed E-state index contributed by atoms with van der Waals surface area (Å²) in [4.78, 5) is 2.22. The molecule has 5 nitrogen and oxygen atoms in total. The molecule has 0 saturated heterocycles. The highest BCUT2D eigenvalue weighted by Gasteiger charge is 2.01. The van der Waals surface area contributed by atoms with Crippen LogP contribution in [-0.2, 0) is 0 Å². The third-order valence-electron chi connectivity index (χ3n) is 1.96. The normalized spacial score (nSPS) is 12.8. The second-order valence-corrected chi connectivity index (χ2v) is 3.34. The number of hydrogen-bond acceptors (Lipinski definition) is 4. The van der Waals surface area contributed by atoms with Crippen LogP contribution in [0, 0.1) is 0 Å².